The molecule has 0 bridgehead atoms. The maximum absolute atomic E-state index is 4.63. The van der Waals surface area contributed by atoms with Gasteiger partial charge >= 0.3 is 0 Å². The van der Waals surface area contributed by atoms with Crippen molar-refractivity contribution in [1.82, 2.24) is 9.55 Å². The quantitative estimate of drug-likeness (QED) is 0.687. The molecule has 3 rings (SSSR count). The number of rotatable bonds is 1. The number of nitrogens with zero attached hydrogens (tertiary/aromatic N) is 2. The zero-order valence-corrected chi connectivity index (χ0v) is 8.83. The first-order chi connectivity index (χ1) is 7.34. The van der Waals surface area contributed by atoms with Crippen molar-refractivity contribution in [1.29, 1.82) is 0 Å². The van der Waals surface area contributed by atoms with Gasteiger partial charge in [-0.05, 0) is 18.9 Å². The summed E-state index contributed by atoms with van der Waals surface area (Å²) in [5.74, 6) is 1.19. The van der Waals surface area contributed by atoms with Crippen LogP contribution in [0.15, 0.2) is 24.3 Å². The average Bonchev–Trinajstić information content (AvgIpc) is 2.77. The molecule has 1 radical (unpaired) electrons. The van der Waals surface area contributed by atoms with Crippen LogP contribution >= 0.6 is 0 Å². The smallest absolute Gasteiger partial charge is 0.110 e. The van der Waals surface area contributed by atoms with E-state index in [1.54, 1.807) is 0 Å². The van der Waals surface area contributed by atoms with E-state index in [1.165, 1.54) is 23.4 Å². The van der Waals surface area contributed by atoms with E-state index in [1.807, 2.05) is 0 Å². The molecule has 0 fully saturated rings. The third-order valence-corrected chi connectivity index (χ3v) is 2.98. The second-order valence-electron chi connectivity index (χ2n) is 4.06. The minimum Gasteiger partial charge on any atom is -0.326 e. The standard InChI is InChI=1S/C13H13N2/c1-10-5-2-3-6-11(10)12-9-15-8-4-7-13(15)14-12/h2-3,5-6H,4,7-8H2,1H3. The Morgan fingerprint density at radius 3 is 3.00 bits per heavy atom. The highest BCUT2D eigenvalue weighted by atomic mass is 15.1. The second-order valence-corrected chi connectivity index (χ2v) is 4.06. The topological polar surface area (TPSA) is 17.8 Å². The molecule has 1 aromatic heterocycles. The van der Waals surface area contributed by atoms with Crippen LogP contribution in [0.1, 0.15) is 17.8 Å². The highest BCUT2D eigenvalue weighted by molar-refractivity contribution is 5.62. The molecule has 2 heterocycles. The Morgan fingerprint density at radius 2 is 2.20 bits per heavy atom. The third kappa shape index (κ3) is 1.37. The summed E-state index contributed by atoms with van der Waals surface area (Å²) in [4.78, 5) is 4.63. The highest BCUT2D eigenvalue weighted by Crippen LogP contribution is 2.24. The van der Waals surface area contributed by atoms with E-state index in [0.717, 1.165) is 18.7 Å². The Hall–Kier alpha value is -1.57. The van der Waals surface area contributed by atoms with E-state index in [9.17, 15) is 0 Å². The van der Waals surface area contributed by atoms with Gasteiger partial charge in [0.25, 0.3) is 0 Å². The third-order valence-electron chi connectivity index (χ3n) is 2.98. The molecule has 15 heavy (non-hydrogen) atoms. The molecule has 2 aromatic rings. The second kappa shape index (κ2) is 3.23. The summed E-state index contributed by atoms with van der Waals surface area (Å²) >= 11 is 0. The molecule has 0 amide bonds. The molecule has 1 aliphatic rings. The molecule has 0 saturated carbocycles. The number of fused-ring (bicyclic) bond motifs is 1. The Bertz CT molecular complexity index is 475. The van der Waals surface area contributed by atoms with E-state index < -0.39 is 0 Å². The fraction of sp³-hybridized carbons (Fsp3) is 0.308. The first kappa shape index (κ1) is 8.72. The van der Waals surface area contributed by atoms with Gasteiger partial charge in [0.1, 0.15) is 5.82 Å². The molecular weight excluding hydrogens is 184 g/mol. The van der Waals surface area contributed by atoms with Crippen LogP contribution in [0.2, 0.25) is 0 Å². The van der Waals surface area contributed by atoms with Gasteiger partial charge in [-0.3, -0.25) is 0 Å². The zero-order chi connectivity index (χ0) is 10.3. The van der Waals surface area contributed by atoms with E-state index >= 15 is 0 Å². The van der Waals surface area contributed by atoms with Crippen LogP contribution in [-0.2, 0) is 13.0 Å². The summed E-state index contributed by atoms with van der Waals surface area (Å²) in [6, 6.07) is 8.35. The average molecular weight is 197 g/mol. The van der Waals surface area contributed by atoms with Gasteiger partial charge in [0.05, 0.1) is 11.9 Å². The van der Waals surface area contributed by atoms with Gasteiger partial charge in [-0.15, -0.1) is 0 Å². The summed E-state index contributed by atoms with van der Waals surface area (Å²) in [7, 11) is 0. The molecule has 0 N–H and O–H groups in total. The molecule has 0 unspecified atom stereocenters. The lowest BCUT2D eigenvalue weighted by Crippen LogP contribution is -1.88. The first-order valence-corrected chi connectivity index (χ1v) is 5.39. The van der Waals surface area contributed by atoms with Crippen molar-refractivity contribution >= 4 is 0 Å². The van der Waals surface area contributed by atoms with Gasteiger partial charge in [0.15, 0.2) is 0 Å². The molecule has 75 valence electrons. The van der Waals surface area contributed by atoms with E-state index in [-0.39, 0.29) is 0 Å². The predicted molar refractivity (Wildman–Crippen MR) is 59.6 cm³/mol. The number of aromatic nitrogens is 2. The van der Waals surface area contributed by atoms with Crippen LogP contribution in [0, 0.1) is 13.1 Å². The number of imidazole rings is 1. The van der Waals surface area contributed by atoms with Crippen molar-refractivity contribution in [3.05, 3.63) is 41.9 Å². The van der Waals surface area contributed by atoms with Gasteiger partial charge in [-0.25, -0.2) is 4.98 Å². The van der Waals surface area contributed by atoms with Crippen LogP contribution < -0.4 is 0 Å². The molecule has 2 heteroatoms. The first-order valence-electron chi connectivity index (χ1n) is 5.39. The monoisotopic (exact) mass is 197 g/mol. The molecule has 0 saturated heterocycles. The number of benzene rings is 1. The van der Waals surface area contributed by atoms with Crippen molar-refractivity contribution < 1.29 is 0 Å². The summed E-state index contributed by atoms with van der Waals surface area (Å²) in [6.45, 7) is 3.20. The minimum absolute atomic E-state index is 1.00. The number of hydrogen-bond donors (Lipinski definition) is 0. The van der Waals surface area contributed by atoms with Crippen molar-refractivity contribution in [2.45, 2.75) is 26.3 Å². The van der Waals surface area contributed by atoms with E-state index in [4.69, 9.17) is 0 Å². The largest absolute Gasteiger partial charge is 0.326 e. The summed E-state index contributed by atoms with van der Waals surface area (Å²) in [5, 5.41) is 0. The van der Waals surface area contributed by atoms with Crippen molar-refractivity contribution in [3.63, 3.8) is 0 Å². The van der Waals surface area contributed by atoms with Gasteiger partial charge < -0.3 is 4.57 Å². The van der Waals surface area contributed by atoms with Gasteiger partial charge in [-0.1, -0.05) is 24.3 Å². The van der Waals surface area contributed by atoms with Crippen LogP contribution in [0.4, 0.5) is 0 Å². The molecular formula is C13H13N2. The highest BCUT2D eigenvalue weighted by Gasteiger charge is 2.15. The van der Waals surface area contributed by atoms with Gasteiger partial charge in [0.2, 0.25) is 0 Å². The van der Waals surface area contributed by atoms with Crippen LogP contribution in [0.5, 0.6) is 0 Å². The summed E-state index contributed by atoms with van der Waals surface area (Å²) in [6.07, 6.45) is 5.67. The fourth-order valence-electron chi connectivity index (χ4n) is 2.14. The molecule has 1 aromatic carbocycles. The molecule has 2 nitrogen and oxygen atoms in total. The lowest BCUT2D eigenvalue weighted by Gasteiger charge is -2.00. The zero-order valence-electron chi connectivity index (χ0n) is 8.83. The molecule has 1 aliphatic heterocycles. The Kier molecular flexibility index (Phi) is 1.88. The van der Waals surface area contributed by atoms with Crippen molar-refractivity contribution in [2.24, 2.45) is 0 Å². The SMILES string of the molecule is Cc1ccccc1-c1[c]n2c(n1)CCC2. The fourth-order valence-corrected chi connectivity index (χ4v) is 2.14. The lowest BCUT2D eigenvalue weighted by molar-refractivity contribution is 0.745. The Morgan fingerprint density at radius 1 is 1.33 bits per heavy atom. The lowest BCUT2D eigenvalue weighted by atomic mass is 10.1. The van der Waals surface area contributed by atoms with Gasteiger partial charge in [-0.2, -0.15) is 0 Å². The minimum atomic E-state index is 1.00. The van der Waals surface area contributed by atoms with Crippen LogP contribution in [0.3, 0.4) is 0 Å². The summed E-state index contributed by atoms with van der Waals surface area (Å²) in [5.41, 5.74) is 3.48. The van der Waals surface area contributed by atoms with Crippen molar-refractivity contribution in [3.8, 4) is 11.3 Å². The van der Waals surface area contributed by atoms with Crippen LogP contribution in [0.25, 0.3) is 11.3 Å². The molecule has 0 atom stereocenters. The van der Waals surface area contributed by atoms with Crippen molar-refractivity contribution in [2.75, 3.05) is 0 Å². The maximum atomic E-state index is 4.63. The normalized spacial score (nSPS) is 14.2. The predicted octanol–water partition coefficient (Wildman–Crippen LogP) is 2.60. The maximum Gasteiger partial charge on any atom is 0.110 e. The van der Waals surface area contributed by atoms with Gasteiger partial charge in [0, 0.05) is 18.5 Å². The Balaban J connectivity index is 2.10. The number of aryl methyl sites for hydroxylation is 3. The molecule has 0 spiro atoms. The van der Waals surface area contributed by atoms with E-state index in [2.05, 4.69) is 46.9 Å². The number of hydrogen-bond acceptors (Lipinski definition) is 1. The van der Waals surface area contributed by atoms with E-state index in [0.29, 0.717) is 0 Å². The summed E-state index contributed by atoms with van der Waals surface area (Å²) < 4.78 is 2.15. The molecule has 0 aliphatic carbocycles. The van der Waals surface area contributed by atoms with Crippen LogP contribution in [-0.4, -0.2) is 9.55 Å². The Labute approximate surface area is 89.6 Å².